The third kappa shape index (κ3) is 2.65. The van der Waals surface area contributed by atoms with Crippen LogP contribution in [0.4, 0.5) is 11.4 Å². The third-order valence-electron chi connectivity index (χ3n) is 2.86. The summed E-state index contributed by atoms with van der Waals surface area (Å²) >= 11 is 0. The van der Waals surface area contributed by atoms with Gasteiger partial charge in [0.25, 0.3) is 0 Å². The highest BCUT2D eigenvalue weighted by Crippen LogP contribution is 2.27. The molecule has 0 atom stereocenters. The van der Waals surface area contributed by atoms with E-state index in [1.165, 1.54) is 0 Å². The molecule has 0 radical (unpaired) electrons. The van der Waals surface area contributed by atoms with Crippen LogP contribution in [0.3, 0.4) is 0 Å². The van der Waals surface area contributed by atoms with Crippen molar-refractivity contribution in [1.29, 1.82) is 0 Å². The lowest BCUT2D eigenvalue weighted by molar-refractivity contribution is 0.318. The van der Waals surface area contributed by atoms with Crippen LogP contribution < -0.4 is 10.6 Å². The second kappa shape index (κ2) is 5.86. The second-order valence-electron chi connectivity index (χ2n) is 3.96. The summed E-state index contributed by atoms with van der Waals surface area (Å²) in [6.45, 7) is 2.79. The maximum Gasteiger partial charge on any atom is 0.172 e. The van der Waals surface area contributed by atoms with E-state index in [-0.39, 0.29) is 5.84 Å². The summed E-state index contributed by atoms with van der Waals surface area (Å²) in [5.41, 5.74) is 8.21. The minimum Gasteiger partial charge on any atom is -0.409 e. The van der Waals surface area contributed by atoms with E-state index in [1.807, 2.05) is 37.3 Å². The van der Waals surface area contributed by atoms with Crippen LogP contribution in [0.25, 0.3) is 0 Å². The number of amidine groups is 1. The molecule has 98 valence electrons. The maximum atomic E-state index is 8.86. The Labute approximate surface area is 112 Å². The summed E-state index contributed by atoms with van der Waals surface area (Å²) < 4.78 is 0. The number of oxime groups is 1. The van der Waals surface area contributed by atoms with Crippen LogP contribution in [0.1, 0.15) is 12.5 Å². The van der Waals surface area contributed by atoms with Crippen molar-refractivity contribution in [3.05, 3.63) is 54.4 Å². The van der Waals surface area contributed by atoms with Gasteiger partial charge in [-0.1, -0.05) is 23.4 Å². The van der Waals surface area contributed by atoms with E-state index in [0.29, 0.717) is 5.56 Å². The van der Waals surface area contributed by atoms with Gasteiger partial charge in [-0.15, -0.1) is 0 Å². The Kier molecular flexibility index (Phi) is 3.97. The van der Waals surface area contributed by atoms with Crippen LogP contribution >= 0.6 is 0 Å². The highest BCUT2D eigenvalue weighted by molar-refractivity contribution is 6.02. The molecule has 0 saturated heterocycles. The molecular formula is C14H16N4O. The predicted octanol–water partition coefficient (Wildman–Crippen LogP) is 2.33. The van der Waals surface area contributed by atoms with Gasteiger partial charge in [-0.05, 0) is 25.1 Å². The average Bonchev–Trinajstić information content (AvgIpc) is 2.49. The summed E-state index contributed by atoms with van der Waals surface area (Å²) in [5.74, 6) is 0.0757. The Morgan fingerprint density at radius 2 is 2.05 bits per heavy atom. The van der Waals surface area contributed by atoms with E-state index in [1.54, 1.807) is 18.5 Å². The Hall–Kier alpha value is -2.56. The molecule has 0 aliphatic rings. The monoisotopic (exact) mass is 256 g/mol. The van der Waals surface area contributed by atoms with Crippen LogP contribution in [0, 0.1) is 0 Å². The Bertz CT molecular complexity index is 569. The summed E-state index contributed by atoms with van der Waals surface area (Å²) in [5, 5.41) is 11.9. The number of pyridine rings is 1. The highest BCUT2D eigenvalue weighted by atomic mass is 16.4. The topological polar surface area (TPSA) is 74.7 Å². The lowest BCUT2D eigenvalue weighted by Gasteiger charge is -2.24. The van der Waals surface area contributed by atoms with Crippen molar-refractivity contribution in [2.24, 2.45) is 10.9 Å². The maximum absolute atomic E-state index is 8.86. The Morgan fingerprint density at radius 3 is 2.68 bits per heavy atom. The summed E-state index contributed by atoms with van der Waals surface area (Å²) in [6, 6.07) is 11.6. The van der Waals surface area contributed by atoms with Crippen LogP contribution in [0.2, 0.25) is 0 Å². The highest BCUT2D eigenvalue weighted by Gasteiger charge is 2.14. The van der Waals surface area contributed by atoms with Gasteiger partial charge in [-0.3, -0.25) is 4.98 Å². The van der Waals surface area contributed by atoms with Crippen molar-refractivity contribution in [3.63, 3.8) is 0 Å². The average molecular weight is 256 g/mol. The number of hydrogen-bond acceptors (Lipinski definition) is 4. The van der Waals surface area contributed by atoms with Gasteiger partial charge in [-0.25, -0.2) is 0 Å². The van der Waals surface area contributed by atoms with Gasteiger partial charge in [0.1, 0.15) is 0 Å². The zero-order valence-corrected chi connectivity index (χ0v) is 10.7. The van der Waals surface area contributed by atoms with Crippen molar-refractivity contribution in [3.8, 4) is 0 Å². The summed E-state index contributed by atoms with van der Waals surface area (Å²) in [7, 11) is 0. The fourth-order valence-electron chi connectivity index (χ4n) is 1.97. The van der Waals surface area contributed by atoms with Gasteiger partial charge < -0.3 is 15.8 Å². The van der Waals surface area contributed by atoms with Gasteiger partial charge in [0, 0.05) is 24.0 Å². The molecule has 0 spiro atoms. The third-order valence-corrected chi connectivity index (χ3v) is 2.86. The molecular weight excluding hydrogens is 240 g/mol. The van der Waals surface area contributed by atoms with E-state index >= 15 is 0 Å². The normalized spacial score (nSPS) is 11.3. The van der Waals surface area contributed by atoms with E-state index < -0.39 is 0 Å². The van der Waals surface area contributed by atoms with Gasteiger partial charge in [-0.2, -0.15) is 0 Å². The van der Waals surface area contributed by atoms with E-state index in [0.717, 1.165) is 17.9 Å². The SMILES string of the molecule is CCN(c1ccccc1)c1cnccc1/C(N)=N/O. The molecule has 19 heavy (non-hydrogen) atoms. The van der Waals surface area contributed by atoms with Crippen molar-refractivity contribution in [2.75, 3.05) is 11.4 Å². The van der Waals surface area contributed by atoms with Crippen molar-refractivity contribution in [1.82, 2.24) is 4.98 Å². The number of anilines is 2. The molecule has 0 unspecified atom stereocenters. The fraction of sp³-hybridized carbons (Fsp3) is 0.143. The molecule has 0 fully saturated rings. The molecule has 5 nitrogen and oxygen atoms in total. The Morgan fingerprint density at radius 1 is 1.32 bits per heavy atom. The first-order chi connectivity index (χ1) is 9.27. The van der Waals surface area contributed by atoms with Gasteiger partial charge >= 0.3 is 0 Å². The zero-order chi connectivity index (χ0) is 13.7. The minimum atomic E-state index is 0.0757. The first kappa shape index (κ1) is 12.9. The fourth-order valence-corrected chi connectivity index (χ4v) is 1.97. The zero-order valence-electron chi connectivity index (χ0n) is 10.7. The lowest BCUT2D eigenvalue weighted by Crippen LogP contribution is -2.22. The predicted molar refractivity (Wildman–Crippen MR) is 75.9 cm³/mol. The number of hydrogen-bond donors (Lipinski definition) is 2. The minimum absolute atomic E-state index is 0.0757. The second-order valence-corrected chi connectivity index (χ2v) is 3.96. The first-order valence-corrected chi connectivity index (χ1v) is 6.02. The van der Waals surface area contributed by atoms with Crippen molar-refractivity contribution < 1.29 is 5.21 Å². The number of nitrogens with two attached hydrogens (primary N) is 1. The van der Waals surface area contributed by atoms with Crippen LogP contribution in [-0.4, -0.2) is 22.6 Å². The van der Waals surface area contributed by atoms with Gasteiger partial charge in [0.2, 0.25) is 0 Å². The Balaban J connectivity index is 2.51. The molecule has 0 amide bonds. The molecule has 2 aromatic rings. The number of rotatable bonds is 4. The number of aromatic nitrogens is 1. The largest absolute Gasteiger partial charge is 0.409 e. The quantitative estimate of drug-likeness (QED) is 0.381. The van der Waals surface area contributed by atoms with Crippen molar-refractivity contribution in [2.45, 2.75) is 6.92 Å². The van der Waals surface area contributed by atoms with E-state index in [9.17, 15) is 0 Å². The molecule has 3 N–H and O–H groups in total. The van der Waals surface area contributed by atoms with Crippen LogP contribution in [0.15, 0.2) is 53.9 Å². The standard InChI is InChI=1S/C14H16N4O/c1-2-18(11-6-4-3-5-7-11)13-10-16-9-8-12(13)14(15)17-19/h3-10,19H,2H2,1H3,(H2,15,17). The molecule has 1 heterocycles. The lowest BCUT2D eigenvalue weighted by atomic mass is 10.1. The smallest absolute Gasteiger partial charge is 0.172 e. The molecule has 2 rings (SSSR count). The van der Waals surface area contributed by atoms with Crippen LogP contribution in [0.5, 0.6) is 0 Å². The van der Waals surface area contributed by atoms with Gasteiger partial charge in [0.05, 0.1) is 11.9 Å². The van der Waals surface area contributed by atoms with E-state index in [2.05, 4.69) is 15.0 Å². The van der Waals surface area contributed by atoms with Crippen molar-refractivity contribution >= 4 is 17.2 Å². The molecule has 5 heteroatoms. The molecule has 0 saturated carbocycles. The molecule has 1 aromatic heterocycles. The first-order valence-electron chi connectivity index (χ1n) is 6.02. The number of nitrogens with zero attached hydrogens (tertiary/aromatic N) is 3. The number of para-hydroxylation sites is 1. The molecule has 0 bridgehead atoms. The molecule has 1 aromatic carbocycles. The number of benzene rings is 1. The van der Waals surface area contributed by atoms with Gasteiger partial charge in [0.15, 0.2) is 5.84 Å². The molecule has 0 aliphatic carbocycles. The molecule has 0 aliphatic heterocycles. The van der Waals surface area contributed by atoms with Crippen LogP contribution in [-0.2, 0) is 0 Å². The van der Waals surface area contributed by atoms with E-state index in [4.69, 9.17) is 10.9 Å². The summed E-state index contributed by atoms with van der Waals surface area (Å²) in [4.78, 5) is 6.18. The summed E-state index contributed by atoms with van der Waals surface area (Å²) in [6.07, 6.45) is 3.33.